The number of rotatable bonds is 7. The van der Waals surface area contributed by atoms with Crippen LogP contribution in [0.25, 0.3) is 21.3 Å². The molecule has 4 heterocycles. The van der Waals surface area contributed by atoms with Gasteiger partial charge in [-0.05, 0) is 87.0 Å². The van der Waals surface area contributed by atoms with Gasteiger partial charge in [0.2, 0.25) is 10.0 Å². The summed E-state index contributed by atoms with van der Waals surface area (Å²) in [6, 6.07) is 8.39. The van der Waals surface area contributed by atoms with Crippen LogP contribution in [-0.4, -0.2) is 77.7 Å². The summed E-state index contributed by atoms with van der Waals surface area (Å²) < 4.78 is 57.9. The lowest BCUT2D eigenvalue weighted by Crippen LogP contribution is -2.38. The molecule has 4 N–H and O–H groups in total. The van der Waals surface area contributed by atoms with E-state index in [-0.39, 0.29) is 11.7 Å². The van der Waals surface area contributed by atoms with E-state index in [1.165, 1.54) is 17.7 Å². The highest BCUT2D eigenvalue weighted by molar-refractivity contribution is 7.89. The number of H-pyrrole nitrogens is 1. The van der Waals surface area contributed by atoms with Crippen molar-refractivity contribution in [1.82, 2.24) is 14.2 Å². The van der Waals surface area contributed by atoms with Crippen molar-refractivity contribution in [2.24, 2.45) is 5.73 Å². The number of hydrogen-bond acceptors (Lipinski definition) is 6. The van der Waals surface area contributed by atoms with Crippen LogP contribution >= 0.6 is 11.3 Å². The van der Waals surface area contributed by atoms with Crippen molar-refractivity contribution >= 4 is 44.1 Å². The van der Waals surface area contributed by atoms with Crippen LogP contribution in [0.1, 0.15) is 59.3 Å². The molecule has 9 nitrogen and oxygen atoms in total. The third-order valence-corrected chi connectivity index (χ3v) is 10.5. The maximum Gasteiger partial charge on any atom is 0.490 e. The third kappa shape index (κ3) is 7.29. The van der Waals surface area contributed by atoms with Gasteiger partial charge in [0.1, 0.15) is 0 Å². The van der Waals surface area contributed by atoms with E-state index in [0.717, 1.165) is 59.4 Å². The fourth-order valence-electron chi connectivity index (χ4n) is 5.33. The number of carbonyl (C=O) groups excluding carboxylic acids is 1. The molecule has 0 spiro atoms. The number of amides is 1. The van der Waals surface area contributed by atoms with Gasteiger partial charge in [-0.1, -0.05) is 0 Å². The Morgan fingerprint density at radius 3 is 2.32 bits per heavy atom. The van der Waals surface area contributed by atoms with Crippen LogP contribution in [0, 0.1) is 0 Å². The lowest BCUT2D eigenvalue weighted by atomic mass is 9.89. The monoisotopic (exact) mass is 614 g/mol. The highest BCUT2D eigenvalue weighted by atomic mass is 32.2. The molecule has 5 rings (SSSR count). The fourth-order valence-corrected chi connectivity index (χ4v) is 7.50. The van der Waals surface area contributed by atoms with E-state index in [1.54, 1.807) is 22.6 Å². The number of carbonyl (C=O) groups is 2. The standard InChI is InChI=1S/C25H32N4O3S2.C2HF3O2/c1-2-34(31,32)29-11-7-17(8-12-29)22-15-27-24-20(22)13-18(14-21(24)25(26)30)23-6-5-19(33-23)16-28-9-3-4-10-28;3-2(4,5)1(6)7/h5-6,13-15,17,27H,2-4,7-12,16H2,1H3,(H2,26,30);(H,6,7). The van der Waals surface area contributed by atoms with Crippen molar-refractivity contribution in [3.05, 3.63) is 46.5 Å². The average molecular weight is 615 g/mol. The van der Waals surface area contributed by atoms with Gasteiger partial charge >= 0.3 is 12.1 Å². The van der Waals surface area contributed by atoms with Crippen LogP contribution in [0.3, 0.4) is 0 Å². The first kappa shape index (κ1) is 31.0. The predicted octanol–water partition coefficient (Wildman–Crippen LogP) is 4.75. The Labute approximate surface area is 240 Å². The molecule has 2 aliphatic rings. The number of carboxylic acids is 1. The van der Waals surface area contributed by atoms with E-state index in [0.29, 0.717) is 18.7 Å². The van der Waals surface area contributed by atoms with Crippen molar-refractivity contribution in [2.75, 3.05) is 31.9 Å². The Morgan fingerprint density at radius 1 is 1.12 bits per heavy atom. The number of hydrogen-bond donors (Lipinski definition) is 3. The molecule has 3 aromatic rings. The van der Waals surface area contributed by atoms with Crippen molar-refractivity contribution in [3.8, 4) is 10.4 Å². The summed E-state index contributed by atoms with van der Waals surface area (Å²) >= 11 is 1.77. The molecule has 1 aromatic carbocycles. The SMILES string of the molecule is CCS(=O)(=O)N1CCC(c2c[nH]c3c(C(N)=O)cc(-c4ccc(CN5CCCC5)s4)cc23)CC1.O=C(O)C(F)(F)F. The summed E-state index contributed by atoms with van der Waals surface area (Å²) in [5.74, 6) is -2.83. The van der Waals surface area contributed by atoms with Crippen LogP contribution in [0.5, 0.6) is 0 Å². The maximum absolute atomic E-state index is 12.3. The number of sulfonamides is 1. The molecule has 2 fully saturated rings. The molecule has 2 saturated heterocycles. The topological polar surface area (TPSA) is 137 Å². The van der Waals surface area contributed by atoms with Gasteiger partial charge in [-0.15, -0.1) is 11.3 Å². The van der Waals surface area contributed by atoms with Crippen molar-refractivity contribution in [3.63, 3.8) is 0 Å². The second-order valence-corrected chi connectivity index (χ2v) is 13.6. The zero-order chi connectivity index (χ0) is 29.9. The normalized spacial score (nSPS) is 17.5. The maximum atomic E-state index is 12.3. The molecule has 14 heteroatoms. The molecule has 0 saturated carbocycles. The van der Waals surface area contributed by atoms with Crippen molar-refractivity contribution in [2.45, 2.75) is 51.2 Å². The lowest BCUT2D eigenvalue weighted by Gasteiger charge is -2.31. The number of aromatic amines is 1. The minimum atomic E-state index is -5.08. The summed E-state index contributed by atoms with van der Waals surface area (Å²) in [6.45, 7) is 6.05. The number of benzene rings is 1. The predicted molar refractivity (Wildman–Crippen MR) is 151 cm³/mol. The third-order valence-electron chi connectivity index (χ3n) is 7.51. The Hall–Kier alpha value is -2.94. The minimum absolute atomic E-state index is 0.136. The first-order valence-corrected chi connectivity index (χ1v) is 15.8. The number of nitrogens with zero attached hydrogens (tertiary/aromatic N) is 2. The first-order valence-electron chi connectivity index (χ1n) is 13.3. The molecule has 0 bridgehead atoms. The molecule has 0 unspecified atom stereocenters. The fraction of sp³-hybridized carbons (Fsp3) is 0.481. The molecule has 224 valence electrons. The second-order valence-electron chi connectivity index (χ2n) is 10.2. The Kier molecular flexibility index (Phi) is 9.46. The molecule has 41 heavy (non-hydrogen) atoms. The van der Waals surface area contributed by atoms with E-state index in [4.69, 9.17) is 15.6 Å². The van der Waals surface area contributed by atoms with Crippen molar-refractivity contribution in [1.29, 1.82) is 0 Å². The van der Waals surface area contributed by atoms with E-state index < -0.39 is 28.1 Å². The Bertz CT molecular complexity index is 1500. The molecular weight excluding hydrogens is 581 g/mol. The molecule has 0 radical (unpaired) electrons. The highest BCUT2D eigenvalue weighted by Gasteiger charge is 2.38. The van der Waals surface area contributed by atoms with Gasteiger partial charge < -0.3 is 15.8 Å². The first-order chi connectivity index (χ1) is 19.3. The van der Waals surface area contributed by atoms with Crippen LogP contribution in [0.15, 0.2) is 30.5 Å². The Morgan fingerprint density at radius 2 is 1.76 bits per heavy atom. The number of primary amides is 1. The molecule has 0 atom stereocenters. The molecule has 2 aliphatic heterocycles. The molecule has 0 aliphatic carbocycles. The number of fused-ring (bicyclic) bond motifs is 1. The number of nitrogens with two attached hydrogens (primary N) is 1. The second kappa shape index (κ2) is 12.5. The molecular formula is C27H33F3N4O5S2. The number of aliphatic carboxylic acids is 1. The minimum Gasteiger partial charge on any atom is -0.475 e. The summed E-state index contributed by atoms with van der Waals surface area (Å²) in [4.78, 5) is 29.5. The van der Waals surface area contributed by atoms with Gasteiger partial charge in [0.15, 0.2) is 0 Å². The number of aromatic nitrogens is 1. The lowest BCUT2D eigenvalue weighted by molar-refractivity contribution is -0.192. The quantitative estimate of drug-likeness (QED) is 0.351. The molecule has 2 aromatic heterocycles. The number of likely N-dealkylation sites (tertiary alicyclic amines) is 1. The number of piperidine rings is 1. The number of halogens is 3. The summed E-state index contributed by atoms with van der Waals surface area (Å²) in [5, 5.41) is 8.14. The van der Waals surface area contributed by atoms with Crippen LogP contribution in [0.4, 0.5) is 13.2 Å². The van der Waals surface area contributed by atoms with Crippen molar-refractivity contribution < 1.29 is 36.3 Å². The highest BCUT2D eigenvalue weighted by Crippen LogP contribution is 2.38. The summed E-state index contributed by atoms with van der Waals surface area (Å²) in [5.41, 5.74) is 9.19. The zero-order valence-corrected chi connectivity index (χ0v) is 24.2. The smallest absolute Gasteiger partial charge is 0.475 e. The van der Waals surface area contributed by atoms with E-state index >= 15 is 0 Å². The molecule has 1 amide bonds. The number of thiophene rings is 1. The van der Waals surface area contributed by atoms with Gasteiger partial charge in [-0.2, -0.15) is 13.2 Å². The van der Waals surface area contributed by atoms with Gasteiger partial charge in [0.05, 0.1) is 16.8 Å². The zero-order valence-electron chi connectivity index (χ0n) is 22.5. The van der Waals surface area contributed by atoms with E-state index in [1.807, 2.05) is 12.3 Å². The number of carboxylic acid groups (broad SMARTS) is 1. The van der Waals surface area contributed by atoms with Crippen LogP contribution in [0.2, 0.25) is 0 Å². The average Bonchev–Trinajstić information content (AvgIpc) is 3.70. The summed E-state index contributed by atoms with van der Waals surface area (Å²) in [7, 11) is -3.16. The number of nitrogens with one attached hydrogen (secondary N) is 1. The largest absolute Gasteiger partial charge is 0.490 e. The number of alkyl halides is 3. The van der Waals surface area contributed by atoms with Crippen LogP contribution in [-0.2, 0) is 21.4 Å². The van der Waals surface area contributed by atoms with Gasteiger partial charge in [0.25, 0.3) is 5.91 Å². The van der Waals surface area contributed by atoms with Gasteiger partial charge in [0, 0.05) is 41.0 Å². The van der Waals surface area contributed by atoms with E-state index in [2.05, 4.69) is 28.1 Å². The Balaban J connectivity index is 0.000000493. The van der Waals surface area contributed by atoms with E-state index in [9.17, 15) is 26.4 Å². The van der Waals surface area contributed by atoms with Gasteiger partial charge in [-0.3, -0.25) is 9.69 Å². The van der Waals surface area contributed by atoms with Crippen LogP contribution < -0.4 is 5.73 Å². The van der Waals surface area contributed by atoms with Gasteiger partial charge in [-0.25, -0.2) is 17.5 Å². The summed E-state index contributed by atoms with van der Waals surface area (Å²) in [6.07, 6.45) is 0.970.